The molecule has 0 saturated heterocycles. The summed E-state index contributed by atoms with van der Waals surface area (Å²) in [5, 5.41) is 27.5. The Labute approximate surface area is 105 Å². The highest BCUT2D eigenvalue weighted by Gasteiger charge is 2.30. The molecule has 1 aliphatic rings. The van der Waals surface area contributed by atoms with Crippen molar-refractivity contribution in [2.45, 2.75) is 18.9 Å². The Morgan fingerprint density at radius 2 is 2.00 bits per heavy atom. The summed E-state index contributed by atoms with van der Waals surface area (Å²) in [6.07, 6.45) is 2.13. The molecule has 1 fully saturated rings. The van der Waals surface area contributed by atoms with Gasteiger partial charge in [0.25, 0.3) is 0 Å². The fraction of sp³-hybridized carbons (Fsp3) is 0.462. The van der Waals surface area contributed by atoms with Gasteiger partial charge in [-0.05, 0) is 31.0 Å². The van der Waals surface area contributed by atoms with Gasteiger partial charge in [0, 0.05) is 18.2 Å². The summed E-state index contributed by atoms with van der Waals surface area (Å²) >= 11 is 0. The number of ketones is 1. The molecule has 98 valence electrons. The van der Waals surface area contributed by atoms with Crippen molar-refractivity contribution >= 4 is 5.78 Å². The minimum Gasteiger partial charge on any atom is -0.504 e. The van der Waals surface area contributed by atoms with Gasteiger partial charge >= 0.3 is 0 Å². The summed E-state index contributed by atoms with van der Waals surface area (Å²) in [7, 11) is 0. The molecule has 0 radical (unpaired) electrons. The van der Waals surface area contributed by atoms with Crippen LogP contribution in [0.5, 0.6) is 11.5 Å². The van der Waals surface area contributed by atoms with Gasteiger partial charge in [-0.3, -0.25) is 9.69 Å². The zero-order valence-electron chi connectivity index (χ0n) is 10.0. The lowest BCUT2D eigenvalue weighted by Crippen LogP contribution is -2.34. The van der Waals surface area contributed by atoms with Crippen LogP contribution in [0, 0.1) is 0 Å². The van der Waals surface area contributed by atoms with Gasteiger partial charge in [-0.2, -0.15) is 0 Å². The van der Waals surface area contributed by atoms with Gasteiger partial charge in [0.2, 0.25) is 0 Å². The number of benzene rings is 1. The summed E-state index contributed by atoms with van der Waals surface area (Å²) in [5.74, 6) is -0.646. The minimum atomic E-state index is -0.291. The second-order valence-corrected chi connectivity index (χ2v) is 4.55. The summed E-state index contributed by atoms with van der Waals surface area (Å²) in [6, 6.07) is 4.45. The first-order chi connectivity index (χ1) is 8.61. The zero-order chi connectivity index (χ0) is 13.1. The van der Waals surface area contributed by atoms with Crippen molar-refractivity contribution in [2.75, 3.05) is 19.7 Å². The summed E-state index contributed by atoms with van der Waals surface area (Å²) < 4.78 is 0. The van der Waals surface area contributed by atoms with Crippen LogP contribution in [0.25, 0.3) is 0 Å². The Morgan fingerprint density at radius 3 is 2.56 bits per heavy atom. The third kappa shape index (κ3) is 3.00. The molecule has 3 N–H and O–H groups in total. The number of phenolic OH excluding ortho intramolecular Hbond substituents is 2. The molecule has 0 heterocycles. The highest BCUT2D eigenvalue weighted by atomic mass is 16.3. The highest BCUT2D eigenvalue weighted by Crippen LogP contribution is 2.28. The third-order valence-corrected chi connectivity index (χ3v) is 3.09. The summed E-state index contributed by atoms with van der Waals surface area (Å²) in [5.41, 5.74) is 0.369. The van der Waals surface area contributed by atoms with Gasteiger partial charge in [-0.1, -0.05) is 0 Å². The van der Waals surface area contributed by atoms with Crippen molar-refractivity contribution in [1.82, 2.24) is 4.90 Å². The Hall–Kier alpha value is -1.59. The van der Waals surface area contributed by atoms with Crippen molar-refractivity contribution in [3.8, 4) is 11.5 Å². The van der Waals surface area contributed by atoms with E-state index < -0.39 is 0 Å². The van der Waals surface area contributed by atoms with Gasteiger partial charge in [0.1, 0.15) is 0 Å². The lowest BCUT2D eigenvalue weighted by atomic mass is 10.1. The number of hydrogen-bond donors (Lipinski definition) is 3. The van der Waals surface area contributed by atoms with Crippen LogP contribution in [0.2, 0.25) is 0 Å². The fourth-order valence-electron chi connectivity index (χ4n) is 1.93. The lowest BCUT2D eigenvalue weighted by Gasteiger charge is -2.19. The monoisotopic (exact) mass is 251 g/mol. The Morgan fingerprint density at radius 1 is 1.28 bits per heavy atom. The van der Waals surface area contributed by atoms with E-state index in [2.05, 4.69) is 0 Å². The van der Waals surface area contributed by atoms with E-state index in [0.29, 0.717) is 18.2 Å². The van der Waals surface area contributed by atoms with Crippen LogP contribution in [-0.4, -0.2) is 51.7 Å². The first kappa shape index (κ1) is 12.9. The van der Waals surface area contributed by atoms with Crippen molar-refractivity contribution in [3.63, 3.8) is 0 Å². The van der Waals surface area contributed by atoms with Gasteiger partial charge in [-0.15, -0.1) is 0 Å². The minimum absolute atomic E-state index is 0.0323. The molecule has 0 amide bonds. The van der Waals surface area contributed by atoms with Gasteiger partial charge in [-0.25, -0.2) is 0 Å². The smallest absolute Gasteiger partial charge is 0.176 e. The van der Waals surface area contributed by atoms with Crippen LogP contribution in [0.15, 0.2) is 18.2 Å². The van der Waals surface area contributed by atoms with Crippen LogP contribution >= 0.6 is 0 Å². The Balaban J connectivity index is 2.03. The maximum absolute atomic E-state index is 12.0. The maximum Gasteiger partial charge on any atom is 0.176 e. The number of aliphatic hydroxyl groups excluding tert-OH is 1. The van der Waals surface area contributed by atoms with Gasteiger partial charge in [0.15, 0.2) is 17.3 Å². The number of carbonyl (C=O) groups is 1. The van der Waals surface area contributed by atoms with Crippen LogP contribution in [0.4, 0.5) is 0 Å². The lowest BCUT2D eigenvalue weighted by molar-refractivity contribution is 0.0906. The summed E-state index contributed by atoms with van der Waals surface area (Å²) in [6.45, 7) is 0.751. The molecule has 0 spiro atoms. The van der Waals surface area contributed by atoms with Gasteiger partial charge in [0.05, 0.1) is 13.2 Å². The molecule has 5 heteroatoms. The number of rotatable bonds is 6. The number of aromatic hydroxyl groups is 2. The predicted octanol–water partition coefficient (Wildman–Crippen LogP) is 0.737. The van der Waals surface area contributed by atoms with E-state index in [-0.39, 0.29) is 30.4 Å². The topological polar surface area (TPSA) is 81.0 Å². The SMILES string of the molecule is O=C(CN(CCO)C1CC1)c1ccc(O)c(O)c1. The quantitative estimate of drug-likeness (QED) is 0.513. The van der Waals surface area contributed by atoms with E-state index in [1.165, 1.54) is 18.2 Å². The van der Waals surface area contributed by atoms with E-state index in [4.69, 9.17) is 5.11 Å². The van der Waals surface area contributed by atoms with E-state index in [9.17, 15) is 15.0 Å². The second kappa shape index (κ2) is 5.37. The Bertz CT molecular complexity index is 443. The van der Waals surface area contributed by atoms with E-state index >= 15 is 0 Å². The molecule has 0 aromatic heterocycles. The average Bonchev–Trinajstić information content (AvgIpc) is 3.16. The number of Topliss-reactive ketones (excluding diaryl/α,β-unsaturated/α-hetero) is 1. The van der Waals surface area contributed by atoms with Crippen LogP contribution in [0.3, 0.4) is 0 Å². The zero-order valence-corrected chi connectivity index (χ0v) is 10.0. The average molecular weight is 251 g/mol. The fourth-order valence-corrected chi connectivity index (χ4v) is 1.93. The third-order valence-electron chi connectivity index (χ3n) is 3.09. The number of phenols is 2. The largest absolute Gasteiger partial charge is 0.504 e. The van der Waals surface area contributed by atoms with Crippen molar-refractivity contribution < 1.29 is 20.1 Å². The summed E-state index contributed by atoms with van der Waals surface area (Å²) in [4.78, 5) is 14.0. The van der Waals surface area contributed by atoms with Crippen LogP contribution in [-0.2, 0) is 0 Å². The van der Waals surface area contributed by atoms with Crippen molar-refractivity contribution in [1.29, 1.82) is 0 Å². The molecule has 1 saturated carbocycles. The molecule has 0 unspecified atom stereocenters. The Kier molecular flexibility index (Phi) is 3.84. The van der Waals surface area contributed by atoms with E-state index in [1.54, 1.807) is 0 Å². The number of aliphatic hydroxyl groups is 1. The van der Waals surface area contributed by atoms with Crippen molar-refractivity contribution in [2.24, 2.45) is 0 Å². The molecule has 1 aromatic carbocycles. The first-order valence-corrected chi connectivity index (χ1v) is 6.02. The van der Waals surface area contributed by atoms with Crippen molar-refractivity contribution in [3.05, 3.63) is 23.8 Å². The number of carbonyl (C=O) groups excluding carboxylic acids is 1. The molecule has 0 bridgehead atoms. The second-order valence-electron chi connectivity index (χ2n) is 4.55. The molecule has 2 rings (SSSR count). The molecule has 18 heavy (non-hydrogen) atoms. The van der Waals surface area contributed by atoms with Gasteiger partial charge < -0.3 is 15.3 Å². The molecule has 0 atom stereocenters. The standard InChI is InChI=1S/C13H17NO4/c15-6-5-14(10-2-3-10)8-13(18)9-1-4-11(16)12(17)7-9/h1,4,7,10,15-17H,2-3,5-6,8H2. The highest BCUT2D eigenvalue weighted by molar-refractivity contribution is 5.98. The van der Waals surface area contributed by atoms with E-state index in [0.717, 1.165) is 12.8 Å². The maximum atomic E-state index is 12.0. The number of hydrogen-bond acceptors (Lipinski definition) is 5. The molecule has 1 aliphatic carbocycles. The number of nitrogens with zero attached hydrogens (tertiary/aromatic N) is 1. The molecular formula is C13H17NO4. The van der Waals surface area contributed by atoms with E-state index in [1.807, 2.05) is 4.90 Å². The normalized spacial score (nSPS) is 15.0. The first-order valence-electron chi connectivity index (χ1n) is 6.02. The molecular weight excluding hydrogens is 234 g/mol. The molecule has 5 nitrogen and oxygen atoms in total. The molecule has 1 aromatic rings. The predicted molar refractivity (Wildman–Crippen MR) is 65.8 cm³/mol. The molecule has 0 aliphatic heterocycles. The van der Waals surface area contributed by atoms with Crippen LogP contribution in [0.1, 0.15) is 23.2 Å². The van der Waals surface area contributed by atoms with Crippen LogP contribution < -0.4 is 0 Å².